The molecule has 1 rings (SSSR count). The summed E-state index contributed by atoms with van der Waals surface area (Å²) in [5.74, 6) is -1.12. The highest BCUT2D eigenvalue weighted by Gasteiger charge is 2.32. The lowest BCUT2D eigenvalue weighted by Gasteiger charge is -2.10. The Balaban J connectivity index is 3.06. The molecule has 8 heteroatoms. The Bertz CT molecular complexity index is 358. The smallest absolute Gasteiger partial charge is 0.504 e. The topological polar surface area (TPSA) is 42.4 Å². The Morgan fingerprint density at radius 3 is 2.57 bits per heavy atom. The third kappa shape index (κ3) is 2.77. The molecule has 0 spiro atoms. The molecule has 1 aromatic rings. The van der Waals surface area contributed by atoms with Crippen LogP contribution in [0, 0.1) is 3.57 Å². The van der Waals surface area contributed by atoms with Crippen LogP contribution in [0.15, 0.2) is 6.20 Å². The minimum absolute atomic E-state index is 0.139. The molecule has 78 valence electrons. The Labute approximate surface area is 95.0 Å². The van der Waals surface area contributed by atoms with Crippen molar-refractivity contribution >= 4 is 34.2 Å². The second kappa shape index (κ2) is 3.97. The predicted octanol–water partition coefficient (Wildman–Crippen LogP) is 2.94. The zero-order valence-corrected chi connectivity index (χ0v) is 9.18. The van der Waals surface area contributed by atoms with Crippen LogP contribution in [0.4, 0.5) is 13.2 Å². The van der Waals surface area contributed by atoms with Crippen molar-refractivity contribution in [3.8, 4) is 11.5 Å². The molecular weight excluding hydrogens is 337 g/mol. The summed E-state index contributed by atoms with van der Waals surface area (Å²) >= 11 is 6.83. The summed E-state index contributed by atoms with van der Waals surface area (Å²) in [5, 5.41) is 8.86. The largest absolute Gasteiger partial charge is 0.573 e. The molecule has 0 saturated heterocycles. The Hall–Kier alpha value is -0.440. The average Bonchev–Trinajstić information content (AvgIpc) is 2.04. The van der Waals surface area contributed by atoms with Crippen molar-refractivity contribution in [1.82, 2.24) is 4.98 Å². The van der Waals surface area contributed by atoms with Gasteiger partial charge in [0.1, 0.15) is 3.57 Å². The zero-order chi connectivity index (χ0) is 10.9. The fourth-order valence-corrected chi connectivity index (χ4v) is 1.44. The molecule has 0 bridgehead atoms. The molecule has 0 amide bonds. The number of hydrogen-bond acceptors (Lipinski definition) is 3. The SMILES string of the molecule is Oc1c(Cl)ncc(OC(F)(F)F)c1I. The van der Waals surface area contributed by atoms with Gasteiger partial charge in [0, 0.05) is 0 Å². The summed E-state index contributed by atoms with van der Waals surface area (Å²) in [6.07, 6.45) is -4.03. The molecule has 1 heterocycles. The van der Waals surface area contributed by atoms with Crippen LogP contribution in [0.3, 0.4) is 0 Å². The van der Waals surface area contributed by atoms with E-state index in [0.717, 1.165) is 6.20 Å². The number of pyridine rings is 1. The molecule has 0 aliphatic heterocycles. The van der Waals surface area contributed by atoms with E-state index >= 15 is 0 Å². The number of alkyl halides is 3. The average molecular weight is 339 g/mol. The highest BCUT2D eigenvalue weighted by Crippen LogP contribution is 2.35. The van der Waals surface area contributed by atoms with Gasteiger partial charge in [-0.1, -0.05) is 11.6 Å². The number of rotatable bonds is 1. The Kier molecular flexibility index (Phi) is 3.30. The maximum absolute atomic E-state index is 11.8. The minimum Gasteiger partial charge on any atom is -0.504 e. The number of aromatic hydroxyl groups is 1. The van der Waals surface area contributed by atoms with Crippen LogP contribution >= 0.6 is 34.2 Å². The first-order chi connectivity index (χ1) is 6.31. The second-order valence-corrected chi connectivity index (χ2v) is 3.56. The van der Waals surface area contributed by atoms with Crippen molar-refractivity contribution < 1.29 is 23.0 Å². The van der Waals surface area contributed by atoms with Crippen LogP contribution in [0.25, 0.3) is 0 Å². The maximum Gasteiger partial charge on any atom is 0.573 e. The molecule has 1 N–H and O–H groups in total. The van der Waals surface area contributed by atoms with Gasteiger partial charge in [-0.25, -0.2) is 4.98 Å². The molecule has 0 radical (unpaired) electrons. The number of hydrogen-bond donors (Lipinski definition) is 1. The van der Waals surface area contributed by atoms with Gasteiger partial charge in [-0.3, -0.25) is 0 Å². The lowest BCUT2D eigenvalue weighted by molar-refractivity contribution is -0.275. The summed E-state index contributed by atoms with van der Waals surface area (Å²) in [6, 6.07) is 0. The van der Waals surface area contributed by atoms with E-state index in [1.165, 1.54) is 22.6 Å². The van der Waals surface area contributed by atoms with Crippen LogP contribution in [-0.2, 0) is 0 Å². The van der Waals surface area contributed by atoms with Gasteiger partial charge in [-0.2, -0.15) is 0 Å². The van der Waals surface area contributed by atoms with Crippen molar-refractivity contribution in [2.45, 2.75) is 6.36 Å². The van der Waals surface area contributed by atoms with E-state index in [1.807, 2.05) is 0 Å². The highest BCUT2D eigenvalue weighted by molar-refractivity contribution is 14.1. The van der Waals surface area contributed by atoms with Crippen LogP contribution < -0.4 is 4.74 Å². The van der Waals surface area contributed by atoms with Crippen LogP contribution in [0.2, 0.25) is 5.15 Å². The van der Waals surface area contributed by atoms with Crippen molar-refractivity contribution in [3.63, 3.8) is 0 Å². The third-order valence-corrected chi connectivity index (χ3v) is 2.46. The Morgan fingerprint density at radius 1 is 1.50 bits per heavy atom. The van der Waals surface area contributed by atoms with Gasteiger partial charge in [0.05, 0.1) is 6.20 Å². The summed E-state index contributed by atoms with van der Waals surface area (Å²) in [6.45, 7) is 0. The quantitative estimate of drug-likeness (QED) is 0.632. The molecule has 0 saturated carbocycles. The van der Waals surface area contributed by atoms with Crippen LogP contribution in [0.1, 0.15) is 0 Å². The van der Waals surface area contributed by atoms with Gasteiger partial charge < -0.3 is 9.84 Å². The zero-order valence-electron chi connectivity index (χ0n) is 6.27. The molecule has 0 aliphatic carbocycles. The normalized spacial score (nSPS) is 11.5. The van der Waals surface area contributed by atoms with Crippen LogP contribution in [0.5, 0.6) is 11.5 Å². The summed E-state index contributed by atoms with van der Waals surface area (Å²) < 4.78 is 38.8. The summed E-state index contributed by atoms with van der Waals surface area (Å²) in [7, 11) is 0. The first-order valence-corrected chi connectivity index (χ1v) is 4.55. The summed E-state index contributed by atoms with van der Waals surface area (Å²) in [5.41, 5.74) is 0. The standard InChI is InChI=1S/C6H2ClF3INO2/c7-5-4(13)3(11)2(1-12-5)14-6(8,9)10/h1,13H. The third-order valence-electron chi connectivity index (χ3n) is 1.14. The van der Waals surface area contributed by atoms with Gasteiger partial charge in [0.15, 0.2) is 16.7 Å². The van der Waals surface area contributed by atoms with Crippen molar-refractivity contribution in [2.75, 3.05) is 0 Å². The van der Waals surface area contributed by atoms with Gasteiger partial charge in [0.25, 0.3) is 0 Å². The number of halogens is 5. The van der Waals surface area contributed by atoms with Gasteiger partial charge >= 0.3 is 6.36 Å². The lowest BCUT2D eigenvalue weighted by Crippen LogP contribution is -2.18. The van der Waals surface area contributed by atoms with Gasteiger partial charge in [-0.05, 0) is 22.6 Å². The fraction of sp³-hybridized carbons (Fsp3) is 0.167. The Morgan fingerprint density at radius 2 is 2.07 bits per heavy atom. The van der Waals surface area contributed by atoms with E-state index in [-0.39, 0.29) is 8.72 Å². The summed E-state index contributed by atoms with van der Waals surface area (Å²) in [4.78, 5) is 3.31. The number of aromatic nitrogens is 1. The molecule has 14 heavy (non-hydrogen) atoms. The molecule has 0 fully saturated rings. The van der Waals surface area contributed by atoms with Crippen molar-refractivity contribution in [3.05, 3.63) is 14.9 Å². The van der Waals surface area contributed by atoms with E-state index < -0.39 is 17.9 Å². The molecule has 3 nitrogen and oxygen atoms in total. The fourth-order valence-electron chi connectivity index (χ4n) is 0.636. The molecule has 0 atom stereocenters. The molecule has 0 aliphatic rings. The van der Waals surface area contributed by atoms with E-state index in [0.29, 0.717) is 0 Å². The molecular formula is C6H2ClF3INO2. The number of nitrogens with zero attached hydrogens (tertiary/aromatic N) is 1. The van der Waals surface area contributed by atoms with E-state index in [1.54, 1.807) is 0 Å². The minimum atomic E-state index is -4.82. The molecule has 1 aromatic heterocycles. The predicted molar refractivity (Wildman–Crippen MR) is 50.3 cm³/mol. The lowest BCUT2D eigenvalue weighted by atomic mass is 10.4. The molecule has 0 aromatic carbocycles. The van der Waals surface area contributed by atoms with E-state index in [2.05, 4.69) is 9.72 Å². The maximum atomic E-state index is 11.8. The van der Waals surface area contributed by atoms with Crippen molar-refractivity contribution in [2.24, 2.45) is 0 Å². The monoisotopic (exact) mass is 339 g/mol. The van der Waals surface area contributed by atoms with E-state index in [4.69, 9.17) is 16.7 Å². The first-order valence-electron chi connectivity index (χ1n) is 3.10. The van der Waals surface area contributed by atoms with E-state index in [9.17, 15) is 13.2 Å². The van der Waals surface area contributed by atoms with Gasteiger partial charge in [-0.15, -0.1) is 13.2 Å². The second-order valence-electron chi connectivity index (χ2n) is 2.12. The highest BCUT2D eigenvalue weighted by atomic mass is 127. The van der Waals surface area contributed by atoms with Crippen LogP contribution in [-0.4, -0.2) is 16.5 Å². The first kappa shape index (κ1) is 11.6. The van der Waals surface area contributed by atoms with Gasteiger partial charge in [0.2, 0.25) is 0 Å². The number of ether oxygens (including phenoxy) is 1. The van der Waals surface area contributed by atoms with Crippen molar-refractivity contribution in [1.29, 1.82) is 0 Å². The molecule has 0 unspecified atom stereocenters.